The number of carbonyl (C=O) groups is 1. The number of nitrogens with one attached hydrogen (secondary N) is 2. The zero-order valence-corrected chi connectivity index (χ0v) is 16.3. The Morgan fingerprint density at radius 1 is 1.21 bits per heavy atom. The summed E-state index contributed by atoms with van der Waals surface area (Å²) in [5.41, 5.74) is 2.75. The first-order chi connectivity index (χ1) is 13.6. The lowest BCUT2D eigenvalue weighted by Gasteiger charge is -2.22. The van der Waals surface area contributed by atoms with Crippen molar-refractivity contribution in [2.45, 2.75) is 31.8 Å². The van der Waals surface area contributed by atoms with Crippen molar-refractivity contribution < 1.29 is 9.18 Å². The molecule has 1 aliphatic rings. The van der Waals surface area contributed by atoms with Gasteiger partial charge in [0.25, 0.3) is 0 Å². The summed E-state index contributed by atoms with van der Waals surface area (Å²) in [7, 11) is 0. The molecule has 2 aromatic carbocycles. The minimum Gasteiger partial charge on any atom is -0.361 e. The number of amides is 1. The average molecular weight is 400 g/mol. The second-order valence-electron chi connectivity index (χ2n) is 7.30. The molecule has 0 aliphatic heterocycles. The summed E-state index contributed by atoms with van der Waals surface area (Å²) in [6.07, 6.45) is 4.83. The lowest BCUT2D eigenvalue weighted by atomic mass is 10.1. The van der Waals surface area contributed by atoms with E-state index in [0.717, 1.165) is 24.8 Å². The Hall–Kier alpha value is -2.37. The molecular weight excluding hydrogens is 377 g/mol. The molecule has 0 unspecified atom stereocenters. The third-order valence-electron chi connectivity index (χ3n) is 5.22. The van der Waals surface area contributed by atoms with Crippen molar-refractivity contribution in [3.63, 3.8) is 0 Å². The molecule has 1 amide bonds. The monoisotopic (exact) mass is 399 g/mol. The van der Waals surface area contributed by atoms with E-state index in [0.29, 0.717) is 29.7 Å². The van der Waals surface area contributed by atoms with Crippen molar-refractivity contribution in [3.8, 4) is 0 Å². The van der Waals surface area contributed by atoms with E-state index >= 15 is 0 Å². The first kappa shape index (κ1) is 19.0. The first-order valence-corrected chi connectivity index (χ1v) is 9.98. The number of aromatic nitrogens is 1. The van der Waals surface area contributed by atoms with Crippen LogP contribution in [0.4, 0.5) is 4.39 Å². The van der Waals surface area contributed by atoms with Crippen molar-refractivity contribution in [1.29, 1.82) is 0 Å². The van der Waals surface area contributed by atoms with Gasteiger partial charge in [0.1, 0.15) is 5.82 Å². The highest BCUT2D eigenvalue weighted by molar-refractivity contribution is 6.31. The molecule has 3 aromatic rings. The quantitative estimate of drug-likeness (QED) is 0.593. The standard InChI is InChI=1S/C22H23ClFN3O/c23-19-5-3-6-20(24)18(19)13-27(16-8-9-16)14-22(28)25-11-10-15-12-26-21-7-2-1-4-17(15)21/h1-7,12,16,26H,8-11,13-14H2,(H,25,28). The van der Waals surface area contributed by atoms with E-state index in [-0.39, 0.29) is 18.3 Å². The molecule has 2 N–H and O–H groups in total. The highest BCUT2D eigenvalue weighted by atomic mass is 35.5. The van der Waals surface area contributed by atoms with Crippen LogP contribution in [0.15, 0.2) is 48.7 Å². The molecule has 28 heavy (non-hydrogen) atoms. The molecule has 4 rings (SSSR count). The fraction of sp³-hybridized carbons (Fsp3) is 0.318. The molecule has 1 aromatic heterocycles. The zero-order chi connectivity index (χ0) is 19.5. The molecule has 146 valence electrons. The fourth-order valence-electron chi connectivity index (χ4n) is 3.56. The number of benzene rings is 2. The highest BCUT2D eigenvalue weighted by Crippen LogP contribution is 2.30. The number of halogens is 2. The highest BCUT2D eigenvalue weighted by Gasteiger charge is 2.31. The van der Waals surface area contributed by atoms with Crippen LogP contribution in [0, 0.1) is 5.82 Å². The van der Waals surface area contributed by atoms with E-state index in [1.54, 1.807) is 12.1 Å². The maximum atomic E-state index is 14.1. The predicted octanol–water partition coefficient (Wildman–Crippen LogP) is 4.28. The van der Waals surface area contributed by atoms with Gasteiger partial charge in [-0.1, -0.05) is 35.9 Å². The van der Waals surface area contributed by atoms with Gasteiger partial charge in [-0.3, -0.25) is 9.69 Å². The van der Waals surface area contributed by atoms with Crippen molar-refractivity contribution in [3.05, 3.63) is 70.6 Å². The van der Waals surface area contributed by atoms with Crippen molar-refractivity contribution in [2.75, 3.05) is 13.1 Å². The lowest BCUT2D eigenvalue weighted by molar-refractivity contribution is -0.122. The van der Waals surface area contributed by atoms with E-state index in [9.17, 15) is 9.18 Å². The number of para-hydroxylation sites is 1. The molecule has 0 atom stereocenters. The molecular formula is C22H23ClFN3O. The van der Waals surface area contributed by atoms with Crippen LogP contribution in [0.3, 0.4) is 0 Å². The van der Waals surface area contributed by atoms with Crippen molar-refractivity contribution in [1.82, 2.24) is 15.2 Å². The number of hydrogen-bond acceptors (Lipinski definition) is 2. The van der Waals surface area contributed by atoms with Crippen LogP contribution in [0.25, 0.3) is 10.9 Å². The van der Waals surface area contributed by atoms with Gasteiger partial charge in [-0.15, -0.1) is 0 Å². The Balaban J connectivity index is 1.32. The summed E-state index contributed by atoms with van der Waals surface area (Å²) >= 11 is 6.15. The number of fused-ring (bicyclic) bond motifs is 1. The van der Waals surface area contributed by atoms with Gasteiger partial charge in [-0.05, 0) is 43.0 Å². The summed E-state index contributed by atoms with van der Waals surface area (Å²) in [5.74, 6) is -0.364. The van der Waals surface area contributed by atoms with E-state index in [1.165, 1.54) is 17.0 Å². The summed E-state index contributed by atoms with van der Waals surface area (Å²) in [4.78, 5) is 17.7. The largest absolute Gasteiger partial charge is 0.361 e. The van der Waals surface area contributed by atoms with Gasteiger partial charge >= 0.3 is 0 Å². The topological polar surface area (TPSA) is 48.1 Å². The molecule has 4 nitrogen and oxygen atoms in total. The van der Waals surface area contributed by atoms with Gasteiger partial charge in [-0.2, -0.15) is 0 Å². The van der Waals surface area contributed by atoms with E-state index in [4.69, 9.17) is 11.6 Å². The third kappa shape index (κ3) is 4.37. The van der Waals surface area contributed by atoms with Gasteiger partial charge in [0.2, 0.25) is 5.91 Å². The Morgan fingerprint density at radius 2 is 2.04 bits per heavy atom. The Bertz CT molecular complexity index is 963. The minimum absolute atomic E-state index is 0.0424. The summed E-state index contributed by atoms with van der Waals surface area (Å²) in [6, 6.07) is 13.2. The molecule has 6 heteroatoms. The van der Waals surface area contributed by atoms with Crippen LogP contribution in [0.5, 0.6) is 0 Å². The molecule has 0 bridgehead atoms. The Labute approximate surface area is 168 Å². The normalized spacial score (nSPS) is 14.0. The molecule has 0 radical (unpaired) electrons. The number of carbonyl (C=O) groups excluding carboxylic acids is 1. The van der Waals surface area contributed by atoms with E-state index in [2.05, 4.69) is 16.4 Å². The zero-order valence-electron chi connectivity index (χ0n) is 15.6. The van der Waals surface area contributed by atoms with Crippen molar-refractivity contribution >= 4 is 28.4 Å². The predicted molar refractivity (Wildman–Crippen MR) is 110 cm³/mol. The van der Waals surface area contributed by atoms with Gasteiger partial charge in [0.15, 0.2) is 0 Å². The first-order valence-electron chi connectivity index (χ1n) is 9.60. The molecule has 0 spiro atoms. The molecule has 1 fully saturated rings. The van der Waals surface area contributed by atoms with Crippen LogP contribution in [0.2, 0.25) is 5.02 Å². The average Bonchev–Trinajstić information content (AvgIpc) is 3.45. The number of aromatic amines is 1. The smallest absolute Gasteiger partial charge is 0.234 e. The lowest BCUT2D eigenvalue weighted by Crippen LogP contribution is -2.39. The van der Waals surface area contributed by atoms with Crippen LogP contribution in [0.1, 0.15) is 24.0 Å². The van der Waals surface area contributed by atoms with Gasteiger partial charge < -0.3 is 10.3 Å². The third-order valence-corrected chi connectivity index (χ3v) is 5.58. The number of rotatable bonds is 8. The SMILES string of the molecule is O=C(CN(Cc1c(F)cccc1Cl)C1CC1)NCCc1c[nH]c2ccccc12. The minimum atomic E-state index is -0.321. The Morgan fingerprint density at radius 3 is 2.82 bits per heavy atom. The second kappa shape index (κ2) is 8.33. The molecule has 0 saturated heterocycles. The van der Waals surface area contributed by atoms with Crippen molar-refractivity contribution in [2.24, 2.45) is 0 Å². The van der Waals surface area contributed by atoms with Crippen LogP contribution >= 0.6 is 11.6 Å². The van der Waals surface area contributed by atoms with Crippen LogP contribution in [-0.4, -0.2) is 34.9 Å². The molecule has 1 saturated carbocycles. The molecule has 1 aliphatic carbocycles. The summed E-state index contributed by atoms with van der Waals surface area (Å²) in [5, 5.41) is 4.59. The molecule has 1 heterocycles. The van der Waals surface area contributed by atoms with E-state index in [1.807, 2.05) is 29.3 Å². The number of H-pyrrole nitrogens is 1. The van der Waals surface area contributed by atoms with Gasteiger partial charge in [0.05, 0.1) is 6.54 Å². The van der Waals surface area contributed by atoms with Crippen LogP contribution in [-0.2, 0) is 17.8 Å². The Kier molecular flexibility index (Phi) is 5.64. The fourth-order valence-corrected chi connectivity index (χ4v) is 3.78. The summed E-state index contributed by atoms with van der Waals surface area (Å²) < 4.78 is 14.1. The summed E-state index contributed by atoms with van der Waals surface area (Å²) in [6.45, 7) is 1.18. The number of hydrogen-bond donors (Lipinski definition) is 2. The maximum absolute atomic E-state index is 14.1. The maximum Gasteiger partial charge on any atom is 0.234 e. The van der Waals surface area contributed by atoms with Gasteiger partial charge in [0, 0.05) is 46.8 Å². The van der Waals surface area contributed by atoms with Gasteiger partial charge in [-0.25, -0.2) is 4.39 Å². The second-order valence-corrected chi connectivity index (χ2v) is 7.70. The van der Waals surface area contributed by atoms with Crippen LogP contribution < -0.4 is 5.32 Å². The number of nitrogens with zero attached hydrogens (tertiary/aromatic N) is 1. The van der Waals surface area contributed by atoms with E-state index < -0.39 is 0 Å².